The zero-order valence-electron chi connectivity index (χ0n) is 19.9. The van der Waals surface area contributed by atoms with Crippen molar-refractivity contribution >= 4 is 39.3 Å². The summed E-state index contributed by atoms with van der Waals surface area (Å²) < 4.78 is 14.2. The minimum Gasteiger partial charge on any atom is -0.466 e. The number of aromatic nitrogens is 1. The summed E-state index contributed by atoms with van der Waals surface area (Å²) in [4.78, 5) is 31.8. The van der Waals surface area contributed by atoms with Crippen molar-refractivity contribution in [3.63, 3.8) is 0 Å². The van der Waals surface area contributed by atoms with Gasteiger partial charge in [0, 0.05) is 16.1 Å². The van der Waals surface area contributed by atoms with Crippen LogP contribution in [0.25, 0.3) is 17.4 Å². The van der Waals surface area contributed by atoms with E-state index in [2.05, 4.69) is 20.9 Å². The monoisotopic (exact) mass is 562 g/mol. The highest BCUT2D eigenvalue weighted by molar-refractivity contribution is 9.10. The molecule has 0 fully saturated rings. The number of methoxy groups -OCH3 is 1. The van der Waals surface area contributed by atoms with E-state index in [0.717, 1.165) is 21.2 Å². The second-order valence-electron chi connectivity index (χ2n) is 8.38. The largest absolute Gasteiger partial charge is 0.466 e. The maximum Gasteiger partial charge on any atom is 0.338 e. The number of carbonyl (C=O) groups excluding carboxylic acids is 1. The van der Waals surface area contributed by atoms with Crippen molar-refractivity contribution in [2.24, 2.45) is 4.99 Å². The molecule has 1 aliphatic heterocycles. The zero-order valence-corrected chi connectivity index (χ0v) is 22.4. The third-order valence-electron chi connectivity index (χ3n) is 6.06. The second-order valence-corrected chi connectivity index (χ2v) is 10.2. The fourth-order valence-corrected chi connectivity index (χ4v) is 6.03. The normalized spacial score (nSPS) is 15.6. The molecule has 0 radical (unpaired) electrons. The van der Waals surface area contributed by atoms with E-state index in [4.69, 9.17) is 9.15 Å². The van der Waals surface area contributed by atoms with Gasteiger partial charge in [0.25, 0.3) is 5.56 Å². The van der Waals surface area contributed by atoms with Crippen molar-refractivity contribution < 1.29 is 13.9 Å². The molecule has 0 N–H and O–H groups in total. The average Bonchev–Trinajstić information content (AvgIpc) is 3.47. The van der Waals surface area contributed by atoms with E-state index in [1.54, 1.807) is 10.6 Å². The summed E-state index contributed by atoms with van der Waals surface area (Å²) in [6.07, 6.45) is 2.26. The quantitative estimate of drug-likeness (QED) is 0.316. The molecule has 4 aromatic rings. The molecule has 2 aromatic heterocycles. The Morgan fingerprint density at radius 1 is 1.19 bits per heavy atom. The van der Waals surface area contributed by atoms with Crippen molar-refractivity contribution in [1.82, 2.24) is 4.57 Å². The number of esters is 1. The number of halogens is 1. The summed E-state index contributed by atoms with van der Waals surface area (Å²) in [5.74, 6) is 0.768. The van der Waals surface area contributed by atoms with Gasteiger partial charge < -0.3 is 9.15 Å². The fourth-order valence-electron chi connectivity index (χ4n) is 4.34. The first-order valence-corrected chi connectivity index (χ1v) is 13.1. The number of hydrogen-bond acceptors (Lipinski definition) is 6. The molecular weight excluding hydrogens is 540 g/mol. The molecule has 0 saturated carbocycles. The summed E-state index contributed by atoms with van der Waals surface area (Å²) in [6, 6.07) is 18.6. The van der Waals surface area contributed by atoms with Crippen LogP contribution in [0, 0.1) is 6.92 Å². The Kier molecular flexibility index (Phi) is 6.64. The van der Waals surface area contributed by atoms with E-state index >= 15 is 0 Å². The second kappa shape index (κ2) is 9.87. The molecule has 0 spiro atoms. The zero-order chi connectivity index (χ0) is 25.4. The maximum absolute atomic E-state index is 13.7. The van der Waals surface area contributed by atoms with Gasteiger partial charge in [0.2, 0.25) is 0 Å². The molecule has 0 amide bonds. The van der Waals surface area contributed by atoms with Gasteiger partial charge in [-0.2, -0.15) is 0 Å². The van der Waals surface area contributed by atoms with Crippen molar-refractivity contribution in [2.45, 2.75) is 26.3 Å². The molecule has 6 nitrogen and oxygen atoms in total. The maximum atomic E-state index is 13.7. The van der Waals surface area contributed by atoms with Crippen LogP contribution < -0.4 is 14.9 Å². The summed E-state index contributed by atoms with van der Waals surface area (Å²) >= 11 is 4.88. The molecule has 0 aliphatic carbocycles. The number of aryl methyl sites for hydroxylation is 1. The molecule has 2 aromatic carbocycles. The molecule has 8 heteroatoms. The highest BCUT2D eigenvalue weighted by atomic mass is 79.9. The van der Waals surface area contributed by atoms with Crippen LogP contribution in [-0.2, 0) is 9.53 Å². The highest BCUT2D eigenvalue weighted by Gasteiger charge is 2.33. The Morgan fingerprint density at radius 3 is 2.67 bits per heavy atom. The predicted molar refractivity (Wildman–Crippen MR) is 143 cm³/mol. The van der Waals surface area contributed by atoms with Crippen LogP contribution in [0.5, 0.6) is 0 Å². The third kappa shape index (κ3) is 4.31. The molecule has 0 unspecified atom stereocenters. The van der Waals surface area contributed by atoms with E-state index in [1.165, 1.54) is 18.4 Å². The number of ether oxygens (including phenoxy) is 1. The first kappa shape index (κ1) is 24.2. The van der Waals surface area contributed by atoms with E-state index in [9.17, 15) is 9.59 Å². The third-order valence-corrected chi connectivity index (χ3v) is 7.69. The number of fused-ring (bicyclic) bond motifs is 1. The van der Waals surface area contributed by atoms with Crippen molar-refractivity contribution in [2.75, 3.05) is 7.11 Å². The lowest BCUT2D eigenvalue weighted by molar-refractivity contribution is -0.136. The standard InChI is InChI=1S/C28H23BrN2O4S/c1-4-21-24(27(33)34-3)25(17-8-6-5-7-9-17)31-26(32)23(36-28(31)30-21)15-18-11-13-22(35-18)19-12-10-16(2)14-20(19)29/h5-15,25H,4H2,1-3H3/b23-15+/t25-/m0/s1. The number of carbonyl (C=O) groups is 1. The first-order valence-electron chi connectivity index (χ1n) is 11.5. The lowest BCUT2D eigenvalue weighted by Crippen LogP contribution is -2.40. The number of allylic oxidation sites excluding steroid dienone is 1. The van der Waals surface area contributed by atoms with Crippen LogP contribution in [0.2, 0.25) is 0 Å². The van der Waals surface area contributed by atoms with Gasteiger partial charge in [-0.05, 0) is 48.7 Å². The van der Waals surface area contributed by atoms with Crippen molar-refractivity contribution in [1.29, 1.82) is 0 Å². The molecule has 0 bridgehead atoms. The topological polar surface area (TPSA) is 73.8 Å². The number of nitrogens with zero attached hydrogens (tertiary/aromatic N) is 2. The van der Waals surface area contributed by atoms with E-state index in [0.29, 0.717) is 38.5 Å². The van der Waals surface area contributed by atoms with Crippen LogP contribution in [0.4, 0.5) is 0 Å². The predicted octanol–water partition coefficient (Wildman–Crippen LogP) is 5.13. The van der Waals surface area contributed by atoms with E-state index < -0.39 is 12.0 Å². The molecule has 3 heterocycles. The van der Waals surface area contributed by atoms with Gasteiger partial charge in [0.15, 0.2) is 4.80 Å². The van der Waals surface area contributed by atoms with Crippen LogP contribution in [0.3, 0.4) is 0 Å². The Bertz CT molecular complexity index is 1680. The minimum absolute atomic E-state index is 0.237. The van der Waals surface area contributed by atoms with Crippen molar-refractivity contribution in [3.05, 3.63) is 113 Å². The Labute approximate surface area is 220 Å². The van der Waals surface area contributed by atoms with Gasteiger partial charge in [0.1, 0.15) is 11.5 Å². The molecular formula is C28H23BrN2O4S. The number of hydrogen-bond donors (Lipinski definition) is 0. The molecule has 0 saturated heterocycles. The Morgan fingerprint density at radius 2 is 1.97 bits per heavy atom. The van der Waals surface area contributed by atoms with Crippen LogP contribution in [0.1, 0.15) is 36.3 Å². The van der Waals surface area contributed by atoms with Crippen molar-refractivity contribution in [3.8, 4) is 11.3 Å². The van der Waals surface area contributed by atoms with Gasteiger partial charge in [0.05, 0.1) is 29.0 Å². The molecule has 36 heavy (non-hydrogen) atoms. The van der Waals surface area contributed by atoms with Crippen LogP contribution in [-0.4, -0.2) is 17.6 Å². The lowest BCUT2D eigenvalue weighted by Gasteiger charge is -2.25. The molecule has 1 aliphatic rings. The Hall–Kier alpha value is -3.49. The summed E-state index contributed by atoms with van der Waals surface area (Å²) in [6.45, 7) is 3.96. The minimum atomic E-state index is -0.623. The molecule has 5 rings (SSSR count). The number of benzene rings is 2. The molecule has 182 valence electrons. The van der Waals surface area contributed by atoms with Crippen LogP contribution in [0.15, 0.2) is 90.6 Å². The van der Waals surface area contributed by atoms with Gasteiger partial charge in [-0.3, -0.25) is 9.36 Å². The first-order chi connectivity index (χ1) is 17.4. The van der Waals surface area contributed by atoms with E-state index in [-0.39, 0.29) is 5.56 Å². The Balaban J connectivity index is 1.66. The SMILES string of the molecule is CCC1=C(C(=O)OC)[C@H](c2ccccc2)n2c(s/c(=C/c3ccc(-c4ccc(C)cc4Br)o3)c2=O)=N1. The van der Waals surface area contributed by atoms with Gasteiger partial charge in [-0.25, -0.2) is 9.79 Å². The van der Waals surface area contributed by atoms with E-state index in [1.807, 2.05) is 74.5 Å². The summed E-state index contributed by atoms with van der Waals surface area (Å²) in [7, 11) is 1.34. The summed E-state index contributed by atoms with van der Waals surface area (Å²) in [5, 5.41) is 0. The number of thiazole rings is 1. The fraction of sp³-hybridized carbons (Fsp3) is 0.179. The number of rotatable bonds is 5. The number of furan rings is 1. The highest BCUT2D eigenvalue weighted by Crippen LogP contribution is 2.32. The van der Waals surface area contributed by atoms with Gasteiger partial charge in [-0.15, -0.1) is 0 Å². The lowest BCUT2D eigenvalue weighted by atomic mass is 9.95. The van der Waals surface area contributed by atoms with Gasteiger partial charge >= 0.3 is 5.97 Å². The average molecular weight is 563 g/mol. The summed E-state index contributed by atoms with van der Waals surface area (Å²) in [5.41, 5.74) is 3.66. The van der Waals surface area contributed by atoms with Gasteiger partial charge in [-0.1, -0.05) is 70.6 Å². The van der Waals surface area contributed by atoms with Crippen LogP contribution >= 0.6 is 27.3 Å². The molecule has 1 atom stereocenters. The smallest absolute Gasteiger partial charge is 0.338 e.